The van der Waals surface area contributed by atoms with Gasteiger partial charge in [0.25, 0.3) is 0 Å². The first-order valence-electron chi connectivity index (χ1n) is 5.62. The van der Waals surface area contributed by atoms with E-state index in [9.17, 15) is 4.79 Å². The van der Waals surface area contributed by atoms with Crippen LogP contribution in [0.1, 0.15) is 19.0 Å². The number of amides is 1. The van der Waals surface area contributed by atoms with Crippen LogP contribution < -0.4 is 11.1 Å². The van der Waals surface area contributed by atoms with Gasteiger partial charge in [0.15, 0.2) is 0 Å². The topological polar surface area (TPSA) is 106 Å². The van der Waals surface area contributed by atoms with Crippen LogP contribution in [0.15, 0.2) is 6.20 Å². The van der Waals surface area contributed by atoms with Gasteiger partial charge in [-0.1, -0.05) is 12.1 Å². The van der Waals surface area contributed by atoms with Crippen LogP contribution in [0.2, 0.25) is 0 Å². The zero-order chi connectivity index (χ0) is 12.7. The van der Waals surface area contributed by atoms with E-state index in [1.165, 1.54) is 4.68 Å². The maximum absolute atomic E-state index is 11.5. The summed E-state index contributed by atoms with van der Waals surface area (Å²) in [6.07, 6.45) is 2.33. The minimum absolute atomic E-state index is 0.122. The molecule has 0 saturated carbocycles. The number of nitrogens with zero attached hydrogens (tertiary/aromatic N) is 3. The van der Waals surface area contributed by atoms with Crippen LogP contribution >= 0.6 is 0 Å². The Labute approximate surface area is 100.0 Å². The predicted molar refractivity (Wildman–Crippen MR) is 61.8 cm³/mol. The van der Waals surface area contributed by atoms with Crippen LogP contribution in [0.25, 0.3) is 0 Å². The number of aromatic nitrogens is 3. The lowest BCUT2D eigenvalue weighted by Gasteiger charge is -2.10. The fourth-order valence-electron chi connectivity index (χ4n) is 1.32. The summed E-state index contributed by atoms with van der Waals surface area (Å²) < 4.78 is 1.45. The number of nitrogens with one attached hydrogen (secondary N) is 1. The van der Waals surface area contributed by atoms with Gasteiger partial charge in [0, 0.05) is 19.7 Å². The second-order valence-electron chi connectivity index (χ2n) is 4.03. The minimum atomic E-state index is -0.122. The van der Waals surface area contributed by atoms with Gasteiger partial charge < -0.3 is 16.2 Å². The maximum atomic E-state index is 11.5. The van der Waals surface area contributed by atoms with Crippen LogP contribution in [0.4, 0.5) is 0 Å². The molecule has 0 aliphatic carbocycles. The summed E-state index contributed by atoms with van der Waals surface area (Å²) in [5, 5.41) is 19.1. The molecular formula is C10H19N5O2. The van der Waals surface area contributed by atoms with E-state index in [4.69, 9.17) is 10.8 Å². The molecule has 7 heteroatoms. The van der Waals surface area contributed by atoms with Crippen LogP contribution in [0.3, 0.4) is 0 Å². The van der Waals surface area contributed by atoms with E-state index in [1.54, 1.807) is 6.20 Å². The van der Waals surface area contributed by atoms with Gasteiger partial charge in [-0.25, -0.2) is 4.68 Å². The number of hydrogen-bond donors (Lipinski definition) is 3. The average Bonchev–Trinajstić information content (AvgIpc) is 2.74. The van der Waals surface area contributed by atoms with Crippen LogP contribution in [0.5, 0.6) is 0 Å². The van der Waals surface area contributed by atoms with Crippen molar-refractivity contribution >= 4 is 5.91 Å². The molecule has 1 unspecified atom stereocenters. The third-order valence-corrected chi connectivity index (χ3v) is 2.37. The Hall–Kier alpha value is -1.47. The Morgan fingerprint density at radius 2 is 2.47 bits per heavy atom. The van der Waals surface area contributed by atoms with Crippen molar-refractivity contribution in [2.75, 3.05) is 13.2 Å². The van der Waals surface area contributed by atoms with E-state index in [1.807, 2.05) is 6.92 Å². The highest BCUT2D eigenvalue weighted by Gasteiger charge is 2.07. The molecule has 0 aliphatic rings. The molecule has 4 N–H and O–H groups in total. The number of carbonyl (C=O) groups is 1. The van der Waals surface area contributed by atoms with E-state index in [0.29, 0.717) is 25.2 Å². The van der Waals surface area contributed by atoms with Crippen molar-refractivity contribution in [3.05, 3.63) is 11.9 Å². The van der Waals surface area contributed by atoms with E-state index < -0.39 is 0 Å². The van der Waals surface area contributed by atoms with Crippen molar-refractivity contribution in [1.82, 2.24) is 20.3 Å². The monoisotopic (exact) mass is 241 g/mol. The summed E-state index contributed by atoms with van der Waals surface area (Å²) in [5.41, 5.74) is 6.04. The molecule has 0 saturated heterocycles. The second kappa shape index (κ2) is 6.97. The standard InChI is InChI=1S/C10H19N5O2/c1-8(2-3-16)5-12-10(17)7-15-6-9(4-11)13-14-15/h6,8,16H,2-5,7,11H2,1H3,(H,12,17). The third-order valence-electron chi connectivity index (χ3n) is 2.37. The molecule has 96 valence electrons. The van der Waals surface area contributed by atoms with Gasteiger partial charge in [-0.15, -0.1) is 5.10 Å². The van der Waals surface area contributed by atoms with Gasteiger partial charge in [-0.05, 0) is 12.3 Å². The molecule has 1 rings (SSSR count). The molecule has 1 heterocycles. The molecule has 1 aromatic rings. The first kappa shape index (κ1) is 13.6. The molecular weight excluding hydrogens is 222 g/mol. The molecule has 0 bridgehead atoms. The van der Waals surface area contributed by atoms with Crippen molar-refractivity contribution in [3.8, 4) is 0 Å². The number of hydrogen-bond acceptors (Lipinski definition) is 5. The molecule has 0 spiro atoms. The predicted octanol–water partition coefficient (Wildman–Crippen LogP) is -1.13. The van der Waals surface area contributed by atoms with Crippen LogP contribution in [0, 0.1) is 5.92 Å². The molecule has 1 atom stereocenters. The van der Waals surface area contributed by atoms with E-state index in [0.717, 1.165) is 0 Å². The molecule has 1 amide bonds. The van der Waals surface area contributed by atoms with Crippen molar-refractivity contribution < 1.29 is 9.90 Å². The fraction of sp³-hybridized carbons (Fsp3) is 0.700. The highest BCUT2D eigenvalue weighted by Crippen LogP contribution is 1.98. The molecule has 0 fully saturated rings. The lowest BCUT2D eigenvalue weighted by molar-refractivity contribution is -0.122. The Morgan fingerprint density at radius 1 is 1.71 bits per heavy atom. The Bertz CT molecular complexity index is 352. The van der Waals surface area contributed by atoms with Gasteiger partial charge in [0.2, 0.25) is 5.91 Å². The normalized spacial score (nSPS) is 12.4. The molecule has 0 aromatic carbocycles. The number of rotatable bonds is 7. The molecule has 1 aromatic heterocycles. The minimum Gasteiger partial charge on any atom is -0.396 e. The van der Waals surface area contributed by atoms with Crippen molar-refractivity contribution in [2.45, 2.75) is 26.4 Å². The first-order valence-corrected chi connectivity index (χ1v) is 5.62. The quantitative estimate of drug-likeness (QED) is 0.560. The average molecular weight is 241 g/mol. The van der Waals surface area contributed by atoms with Gasteiger partial charge in [-0.3, -0.25) is 4.79 Å². The van der Waals surface area contributed by atoms with Gasteiger partial charge in [-0.2, -0.15) is 0 Å². The Balaban J connectivity index is 2.29. The highest BCUT2D eigenvalue weighted by atomic mass is 16.3. The number of aliphatic hydroxyl groups is 1. The summed E-state index contributed by atoms with van der Waals surface area (Å²) in [7, 11) is 0. The smallest absolute Gasteiger partial charge is 0.241 e. The number of carbonyl (C=O) groups excluding carboxylic acids is 1. The number of nitrogens with two attached hydrogens (primary N) is 1. The van der Waals surface area contributed by atoms with Gasteiger partial charge in [0.1, 0.15) is 6.54 Å². The largest absolute Gasteiger partial charge is 0.396 e. The summed E-state index contributed by atoms with van der Waals surface area (Å²) in [4.78, 5) is 11.5. The SMILES string of the molecule is CC(CCO)CNC(=O)Cn1cc(CN)nn1. The summed E-state index contributed by atoms with van der Waals surface area (Å²) >= 11 is 0. The van der Waals surface area contributed by atoms with E-state index in [2.05, 4.69) is 15.6 Å². The zero-order valence-electron chi connectivity index (χ0n) is 9.96. The second-order valence-corrected chi connectivity index (χ2v) is 4.03. The van der Waals surface area contributed by atoms with E-state index >= 15 is 0 Å². The lowest BCUT2D eigenvalue weighted by atomic mass is 10.1. The molecule has 0 radical (unpaired) electrons. The summed E-state index contributed by atoms with van der Waals surface area (Å²) in [6.45, 7) is 3.12. The number of aliphatic hydroxyl groups excluding tert-OH is 1. The van der Waals surface area contributed by atoms with Crippen molar-refractivity contribution in [1.29, 1.82) is 0 Å². The molecule has 17 heavy (non-hydrogen) atoms. The van der Waals surface area contributed by atoms with Crippen LogP contribution in [-0.2, 0) is 17.9 Å². The Kier molecular flexibility index (Phi) is 5.58. The Morgan fingerprint density at radius 3 is 3.06 bits per heavy atom. The fourth-order valence-corrected chi connectivity index (χ4v) is 1.32. The summed E-state index contributed by atoms with van der Waals surface area (Å²) in [6, 6.07) is 0. The van der Waals surface area contributed by atoms with Gasteiger partial charge >= 0.3 is 0 Å². The van der Waals surface area contributed by atoms with Gasteiger partial charge in [0.05, 0.1) is 11.9 Å². The molecule has 7 nitrogen and oxygen atoms in total. The van der Waals surface area contributed by atoms with Crippen molar-refractivity contribution in [2.24, 2.45) is 11.7 Å². The zero-order valence-corrected chi connectivity index (χ0v) is 9.96. The maximum Gasteiger partial charge on any atom is 0.241 e. The lowest BCUT2D eigenvalue weighted by Crippen LogP contribution is -2.31. The summed E-state index contributed by atoms with van der Waals surface area (Å²) in [5.74, 6) is 0.141. The first-order chi connectivity index (χ1) is 8.15. The van der Waals surface area contributed by atoms with Crippen LogP contribution in [-0.4, -0.2) is 39.2 Å². The van der Waals surface area contributed by atoms with Crippen molar-refractivity contribution in [3.63, 3.8) is 0 Å². The third kappa shape index (κ3) is 4.92. The van der Waals surface area contributed by atoms with E-state index in [-0.39, 0.29) is 25.0 Å². The highest BCUT2D eigenvalue weighted by molar-refractivity contribution is 5.75. The molecule has 0 aliphatic heterocycles.